The van der Waals surface area contributed by atoms with Crippen LogP contribution in [0.2, 0.25) is 0 Å². The van der Waals surface area contributed by atoms with Gasteiger partial charge in [-0.2, -0.15) is 0 Å². The third kappa shape index (κ3) is 3.96. The SMILES string of the molecule is O=C(Cc1ccc(F)cc1)N1CCN(c2ccc([N+](=O)[O-])cc2F)CC1. The third-order valence-electron chi connectivity index (χ3n) is 4.38. The molecule has 0 radical (unpaired) electrons. The summed E-state index contributed by atoms with van der Waals surface area (Å²) in [5, 5.41) is 10.7. The number of nitro benzene ring substituents is 1. The van der Waals surface area contributed by atoms with E-state index in [0.29, 0.717) is 31.9 Å². The molecule has 0 N–H and O–H groups in total. The molecule has 0 spiro atoms. The Hall–Kier alpha value is -3.03. The number of anilines is 1. The van der Waals surface area contributed by atoms with E-state index in [0.717, 1.165) is 11.6 Å². The Bertz CT molecular complexity index is 819. The van der Waals surface area contributed by atoms with Crippen LogP contribution in [-0.4, -0.2) is 41.9 Å². The van der Waals surface area contributed by atoms with E-state index in [1.165, 1.54) is 24.3 Å². The molecule has 2 aromatic carbocycles. The predicted molar refractivity (Wildman–Crippen MR) is 92.0 cm³/mol. The summed E-state index contributed by atoms with van der Waals surface area (Å²) in [6.07, 6.45) is 0.187. The van der Waals surface area contributed by atoms with Gasteiger partial charge in [0.25, 0.3) is 5.69 Å². The summed E-state index contributed by atoms with van der Waals surface area (Å²) >= 11 is 0. The molecule has 1 aliphatic rings. The molecule has 1 amide bonds. The van der Waals surface area contributed by atoms with Crippen LogP contribution in [0.4, 0.5) is 20.2 Å². The summed E-state index contributed by atoms with van der Waals surface area (Å²) in [5.74, 6) is -1.06. The molecule has 0 atom stereocenters. The lowest BCUT2D eigenvalue weighted by Gasteiger charge is -2.36. The zero-order chi connectivity index (χ0) is 18.7. The van der Waals surface area contributed by atoms with Crippen molar-refractivity contribution < 1.29 is 18.5 Å². The van der Waals surface area contributed by atoms with Gasteiger partial charge in [0.15, 0.2) is 5.82 Å². The van der Waals surface area contributed by atoms with E-state index < -0.39 is 10.7 Å². The molecule has 26 heavy (non-hydrogen) atoms. The van der Waals surface area contributed by atoms with Crippen molar-refractivity contribution in [3.05, 3.63) is 69.8 Å². The monoisotopic (exact) mass is 361 g/mol. The first kappa shape index (κ1) is 17.8. The first-order valence-electron chi connectivity index (χ1n) is 8.15. The minimum absolute atomic E-state index is 0.0690. The number of nitro groups is 1. The number of piperazine rings is 1. The molecular formula is C18H17F2N3O3. The summed E-state index contributed by atoms with van der Waals surface area (Å²) < 4.78 is 27.0. The molecule has 2 aromatic rings. The standard InChI is InChI=1S/C18H17F2N3O3/c19-14-3-1-13(2-4-14)11-18(24)22-9-7-21(8-10-22)17-6-5-15(23(25)26)12-16(17)20/h1-6,12H,7-11H2. The summed E-state index contributed by atoms with van der Waals surface area (Å²) in [7, 11) is 0. The summed E-state index contributed by atoms with van der Waals surface area (Å²) in [4.78, 5) is 25.8. The van der Waals surface area contributed by atoms with Crippen molar-refractivity contribution in [2.24, 2.45) is 0 Å². The van der Waals surface area contributed by atoms with Crippen LogP contribution in [0, 0.1) is 21.7 Å². The van der Waals surface area contributed by atoms with Crippen LogP contribution in [0.3, 0.4) is 0 Å². The molecule has 136 valence electrons. The van der Waals surface area contributed by atoms with Crippen LogP contribution in [0.5, 0.6) is 0 Å². The van der Waals surface area contributed by atoms with Gasteiger partial charge in [0.1, 0.15) is 5.82 Å². The van der Waals surface area contributed by atoms with E-state index in [2.05, 4.69) is 0 Å². The number of nitrogens with zero attached hydrogens (tertiary/aromatic N) is 3. The third-order valence-corrected chi connectivity index (χ3v) is 4.38. The lowest BCUT2D eigenvalue weighted by atomic mass is 10.1. The van der Waals surface area contributed by atoms with Crippen molar-refractivity contribution in [3.63, 3.8) is 0 Å². The van der Waals surface area contributed by atoms with E-state index in [9.17, 15) is 23.7 Å². The highest BCUT2D eigenvalue weighted by Gasteiger charge is 2.23. The van der Waals surface area contributed by atoms with E-state index in [1.54, 1.807) is 21.9 Å². The molecule has 0 saturated carbocycles. The average Bonchev–Trinajstić information content (AvgIpc) is 2.63. The maximum atomic E-state index is 14.1. The predicted octanol–water partition coefficient (Wildman–Crippen LogP) is 2.76. The van der Waals surface area contributed by atoms with Gasteiger partial charge in [0.05, 0.1) is 23.1 Å². The van der Waals surface area contributed by atoms with Crippen LogP contribution >= 0.6 is 0 Å². The molecular weight excluding hydrogens is 344 g/mol. The molecule has 0 aliphatic carbocycles. The van der Waals surface area contributed by atoms with Gasteiger partial charge in [-0.05, 0) is 23.8 Å². The van der Waals surface area contributed by atoms with Gasteiger partial charge in [0, 0.05) is 32.2 Å². The number of amides is 1. The van der Waals surface area contributed by atoms with Crippen LogP contribution < -0.4 is 4.90 Å². The fourth-order valence-corrected chi connectivity index (χ4v) is 2.95. The first-order chi connectivity index (χ1) is 12.4. The maximum absolute atomic E-state index is 14.1. The zero-order valence-corrected chi connectivity index (χ0v) is 13.9. The molecule has 8 heteroatoms. The minimum atomic E-state index is -0.648. The minimum Gasteiger partial charge on any atom is -0.366 e. The van der Waals surface area contributed by atoms with E-state index in [1.807, 2.05) is 0 Å². The van der Waals surface area contributed by atoms with Crippen LogP contribution in [0.25, 0.3) is 0 Å². The van der Waals surface area contributed by atoms with Crippen LogP contribution in [0.15, 0.2) is 42.5 Å². The number of hydrogen-bond acceptors (Lipinski definition) is 4. The highest BCUT2D eigenvalue weighted by atomic mass is 19.1. The number of rotatable bonds is 4. The largest absolute Gasteiger partial charge is 0.366 e. The van der Waals surface area contributed by atoms with Gasteiger partial charge in [-0.25, -0.2) is 8.78 Å². The molecule has 6 nitrogen and oxygen atoms in total. The molecule has 1 saturated heterocycles. The van der Waals surface area contributed by atoms with Crippen molar-refractivity contribution in [1.29, 1.82) is 0 Å². The van der Waals surface area contributed by atoms with Crippen LogP contribution in [0.1, 0.15) is 5.56 Å². The molecule has 0 unspecified atom stereocenters. The Labute approximate surface area is 148 Å². The van der Waals surface area contributed by atoms with Gasteiger partial charge in [0.2, 0.25) is 5.91 Å². The smallest absolute Gasteiger partial charge is 0.272 e. The number of halogens is 2. The Balaban J connectivity index is 1.59. The highest BCUT2D eigenvalue weighted by molar-refractivity contribution is 5.79. The fraction of sp³-hybridized carbons (Fsp3) is 0.278. The quantitative estimate of drug-likeness (QED) is 0.620. The van der Waals surface area contributed by atoms with Crippen molar-refractivity contribution in [3.8, 4) is 0 Å². The summed E-state index contributed by atoms with van der Waals surface area (Å²) in [5.41, 5.74) is 0.737. The van der Waals surface area contributed by atoms with Crippen LogP contribution in [-0.2, 0) is 11.2 Å². The van der Waals surface area contributed by atoms with E-state index in [-0.39, 0.29) is 23.8 Å². The Morgan fingerprint density at radius 2 is 1.69 bits per heavy atom. The number of benzene rings is 2. The summed E-state index contributed by atoms with van der Waals surface area (Å²) in [6.45, 7) is 1.72. The lowest BCUT2D eigenvalue weighted by molar-refractivity contribution is -0.385. The molecule has 0 aromatic heterocycles. The normalized spacial score (nSPS) is 14.4. The Kier molecular flexibility index (Phi) is 5.11. The summed E-state index contributed by atoms with van der Waals surface area (Å²) in [6, 6.07) is 9.36. The average molecular weight is 361 g/mol. The van der Waals surface area contributed by atoms with Crippen molar-refractivity contribution in [2.45, 2.75) is 6.42 Å². The van der Waals surface area contributed by atoms with E-state index in [4.69, 9.17) is 0 Å². The second-order valence-corrected chi connectivity index (χ2v) is 6.06. The molecule has 1 aliphatic heterocycles. The zero-order valence-electron chi connectivity index (χ0n) is 13.9. The molecule has 1 fully saturated rings. The van der Waals surface area contributed by atoms with Gasteiger partial charge in [-0.1, -0.05) is 12.1 Å². The topological polar surface area (TPSA) is 66.7 Å². The van der Waals surface area contributed by atoms with Gasteiger partial charge >= 0.3 is 0 Å². The number of carbonyl (C=O) groups is 1. The second-order valence-electron chi connectivity index (χ2n) is 6.06. The Morgan fingerprint density at radius 3 is 2.27 bits per heavy atom. The first-order valence-corrected chi connectivity index (χ1v) is 8.15. The molecule has 0 bridgehead atoms. The van der Waals surface area contributed by atoms with Gasteiger partial charge in [-0.3, -0.25) is 14.9 Å². The van der Waals surface area contributed by atoms with E-state index >= 15 is 0 Å². The second kappa shape index (κ2) is 7.47. The van der Waals surface area contributed by atoms with Crippen molar-refractivity contribution in [1.82, 2.24) is 4.90 Å². The van der Waals surface area contributed by atoms with Crippen molar-refractivity contribution >= 4 is 17.3 Å². The van der Waals surface area contributed by atoms with Gasteiger partial charge in [-0.15, -0.1) is 0 Å². The molecule has 1 heterocycles. The number of carbonyl (C=O) groups excluding carboxylic acids is 1. The van der Waals surface area contributed by atoms with Gasteiger partial charge < -0.3 is 9.80 Å². The Morgan fingerprint density at radius 1 is 1.04 bits per heavy atom. The molecule has 3 rings (SSSR count). The fourth-order valence-electron chi connectivity index (χ4n) is 2.95. The highest BCUT2D eigenvalue weighted by Crippen LogP contribution is 2.25. The maximum Gasteiger partial charge on any atom is 0.272 e. The van der Waals surface area contributed by atoms with Crippen molar-refractivity contribution in [2.75, 3.05) is 31.1 Å². The number of non-ortho nitro benzene ring substituents is 1. The lowest BCUT2D eigenvalue weighted by Crippen LogP contribution is -2.49. The number of hydrogen-bond donors (Lipinski definition) is 0.